The first kappa shape index (κ1) is 17.6. The molecule has 0 aliphatic rings. The quantitative estimate of drug-likeness (QED) is 0.792. The molecule has 126 valence electrons. The molecule has 0 aliphatic carbocycles. The zero-order valence-corrected chi connectivity index (χ0v) is 12.8. The summed E-state index contributed by atoms with van der Waals surface area (Å²) < 4.78 is 44.1. The third kappa shape index (κ3) is 4.62. The van der Waals surface area contributed by atoms with Gasteiger partial charge < -0.3 is 10.1 Å². The average molecular weight is 335 g/mol. The third-order valence-electron chi connectivity index (χ3n) is 3.20. The van der Waals surface area contributed by atoms with Crippen molar-refractivity contribution >= 4 is 11.6 Å². The van der Waals surface area contributed by atoms with Crippen LogP contribution >= 0.6 is 0 Å². The minimum Gasteiger partial charge on any atom is -0.483 e. The van der Waals surface area contributed by atoms with E-state index in [0.29, 0.717) is 12.2 Å². The Morgan fingerprint density at radius 1 is 1.12 bits per heavy atom. The highest BCUT2D eigenvalue weighted by molar-refractivity contribution is 5.92. The maximum Gasteiger partial charge on any atom is 0.418 e. The summed E-state index contributed by atoms with van der Waals surface area (Å²) in [6, 6.07) is 11.9. The van der Waals surface area contributed by atoms with Crippen LogP contribution < -0.4 is 10.1 Å². The minimum atomic E-state index is -4.54. The van der Waals surface area contributed by atoms with E-state index in [1.807, 2.05) is 12.1 Å². The third-order valence-corrected chi connectivity index (χ3v) is 3.20. The molecule has 2 rings (SSSR count). The molecule has 1 N–H and O–H groups in total. The molecular weight excluding hydrogens is 319 g/mol. The van der Waals surface area contributed by atoms with E-state index in [2.05, 4.69) is 11.9 Å². The number of carbonyl (C=O) groups excluding carboxylic acids is 1. The Balaban J connectivity index is 2.04. The molecule has 6 heteroatoms. The van der Waals surface area contributed by atoms with Crippen LogP contribution in [-0.2, 0) is 17.4 Å². The normalized spacial score (nSPS) is 11.0. The van der Waals surface area contributed by atoms with Crippen molar-refractivity contribution < 1.29 is 22.7 Å². The second-order valence-corrected chi connectivity index (χ2v) is 4.98. The second-order valence-electron chi connectivity index (χ2n) is 4.98. The molecular formula is C18H16F3NO2. The van der Waals surface area contributed by atoms with Crippen molar-refractivity contribution in [1.82, 2.24) is 0 Å². The van der Waals surface area contributed by atoms with Gasteiger partial charge in [-0.15, -0.1) is 6.58 Å². The molecule has 0 radical (unpaired) electrons. The summed E-state index contributed by atoms with van der Waals surface area (Å²) >= 11 is 0. The number of carbonyl (C=O) groups is 1. The number of nitrogens with one attached hydrogen (secondary N) is 1. The molecule has 0 spiro atoms. The minimum absolute atomic E-state index is 0.294. The number of anilines is 1. The number of para-hydroxylation sites is 2. The number of allylic oxidation sites excluding steroid dienone is 1. The molecule has 24 heavy (non-hydrogen) atoms. The molecule has 3 nitrogen and oxygen atoms in total. The van der Waals surface area contributed by atoms with E-state index >= 15 is 0 Å². The lowest BCUT2D eigenvalue weighted by atomic mass is 10.1. The smallest absolute Gasteiger partial charge is 0.418 e. The van der Waals surface area contributed by atoms with Crippen LogP contribution in [0.5, 0.6) is 5.75 Å². The van der Waals surface area contributed by atoms with E-state index in [4.69, 9.17) is 4.74 Å². The Bertz CT molecular complexity index is 726. The van der Waals surface area contributed by atoms with Crippen LogP contribution in [0.4, 0.5) is 18.9 Å². The molecule has 0 fully saturated rings. The van der Waals surface area contributed by atoms with Crippen LogP contribution in [0.3, 0.4) is 0 Å². The number of rotatable bonds is 6. The molecule has 0 aromatic heterocycles. The van der Waals surface area contributed by atoms with Crippen molar-refractivity contribution in [1.29, 1.82) is 0 Å². The highest BCUT2D eigenvalue weighted by Gasteiger charge is 2.33. The molecule has 0 bridgehead atoms. The van der Waals surface area contributed by atoms with Gasteiger partial charge in [-0.3, -0.25) is 4.79 Å². The Kier molecular flexibility index (Phi) is 5.63. The molecule has 1 amide bonds. The van der Waals surface area contributed by atoms with Gasteiger partial charge in [-0.2, -0.15) is 13.2 Å². The first-order valence-electron chi connectivity index (χ1n) is 7.19. The zero-order chi connectivity index (χ0) is 17.6. The van der Waals surface area contributed by atoms with Crippen LogP contribution in [0.2, 0.25) is 0 Å². The number of hydrogen-bond acceptors (Lipinski definition) is 2. The summed E-state index contributed by atoms with van der Waals surface area (Å²) in [4.78, 5) is 11.9. The first-order chi connectivity index (χ1) is 11.4. The molecule has 0 atom stereocenters. The summed E-state index contributed by atoms with van der Waals surface area (Å²) in [6.07, 6.45) is -2.28. The number of halogens is 3. The number of hydrogen-bond donors (Lipinski definition) is 1. The van der Waals surface area contributed by atoms with Crippen molar-refractivity contribution in [2.45, 2.75) is 12.6 Å². The predicted octanol–water partition coefficient (Wildman–Crippen LogP) is 4.45. The summed E-state index contributed by atoms with van der Waals surface area (Å²) in [5, 5.41) is 2.23. The maximum absolute atomic E-state index is 12.9. The SMILES string of the molecule is C=CCc1ccccc1OCC(=O)Nc1ccccc1C(F)(F)F. The number of benzene rings is 2. The molecule has 0 aliphatic heterocycles. The molecule has 0 saturated carbocycles. The Labute approximate surface area is 137 Å². The van der Waals surface area contributed by atoms with Crippen LogP contribution in [0, 0.1) is 0 Å². The first-order valence-corrected chi connectivity index (χ1v) is 7.19. The lowest BCUT2D eigenvalue weighted by Crippen LogP contribution is -2.22. The lowest BCUT2D eigenvalue weighted by Gasteiger charge is -2.14. The van der Waals surface area contributed by atoms with Crippen LogP contribution in [0.25, 0.3) is 0 Å². The van der Waals surface area contributed by atoms with Gasteiger partial charge >= 0.3 is 6.18 Å². The Morgan fingerprint density at radius 2 is 1.79 bits per heavy atom. The lowest BCUT2D eigenvalue weighted by molar-refractivity contribution is -0.137. The van der Waals surface area contributed by atoms with Gasteiger partial charge in [-0.1, -0.05) is 36.4 Å². The van der Waals surface area contributed by atoms with E-state index in [1.54, 1.807) is 18.2 Å². The van der Waals surface area contributed by atoms with Gasteiger partial charge in [-0.05, 0) is 30.2 Å². The van der Waals surface area contributed by atoms with Crippen molar-refractivity contribution in [2.24, 2.45) is 0 Å². The summed E-state index contributed by atoms with van der Waals surface area (Å²) in [5.41, 5.74) is -0.348. The van der Waals surface area contributed by atoms with Gasteiger partial charge in [0, 0.05) is 0 Å². The average Bonchev–Trinajstić information content (AvgIpc) is 2.54. The van der Waals surface area contributed by atoms with Crippen LogP contribution in [0.15, 0.2) is 61.2 Å². The highest BCUT2D eigenvalue weighted by atomic mass is 19.4. The van der Waals surface area contributed by atoms with Gasteiger partial charge in [-0.25, -0.2) is 0 Å². The van der Waals surface area contributed by atoms with E-state index in [0.717, 1.165) is 11.6 Å². The van der Waals surface area contributed by atoms with E-state index in [9.17, 15) is 18.0 Å². The van der Waals surface area contributed by atoms with Gasteiger partial charge in [0.25, 0.3) is 5.91 Å². The van der Waals surface area contributed by atoms with E-state index in [-0.39, 0.29) is 12.3 Å². The predicted molar refractivity (Wildman–Crippen MR) is 85.9 cm³/mol. The number of ether oxygens (including phenoxy) is 1. The van der Waals surface area contributed by atoms with E-state index < -0.39 is 17.6 Å². The summed E-state index contributed by atoms with van der Waals surface area (Å²) in [6.45, 7) is 3.25. The molecule has 2 aromatic rings. The van der Waals surface area contributed by atoms with Crippen molar-refractivity contribution in [3.8, 4) is 5.75 Å². The molecule has 0 saturated heterocycles. The van der Waals surface area contributed by atoms with Crippen molar-refractivity contribution in [3.63, 3.8) is 0 Å². The number of amides is 1. The zero-order valence-electron chi connectivity index (χ0n) is 12.8. The number of alkyl halides is 3. The molecule has 2 aromatic carbocycles. The molecule has 0 heterocycles. The van der Waals surface area contributed by atoms with Crippen molar-refractivity contribution in [3.05, 3.63) is 72.3 Å². The highest BCUT2D eigenvalue weighted by Crippen LogP contribution is 2.34. The largest absolute Gasteiger partial charge is 0.483 e. The topological polar surface area (TPSA) is 38.3 Å². The van der Waals surface area contributed by atoms with Gasteiger partial charge in [0.05, 0.1) is 11.3 Å². The standard InChI is InChI=1S/C18H16F3NO2/c1-2-7-13-8-3-6-11-16(13)24-12-17(23)22-15-10-5-4-9-14(15)18(19,20)21/h2-6,8-11H,1,7,12H2,(H,22,23). The van der Waals surface area contributed by atoms with Crippen molar-refractivity contribution in [2.75, 3.05) is 11.9 Å². The van der Waals surface area contributed by atoms with E-state index in [1.165, 1.54) is 18.2 Å². The van der Waals surface area contributed by atoms with Gasteiger partial charge in [0.1, 0.15) is 5.75 Å². The summed E-state index contributed by atoms with van der Waals surface area (Å²) in [5.74, 6) is -0.170. The second kappa shape index (κ2) is 7.68. The fourth-order valence-electron chi connectivity index (χ4n) is 2.14. The summed E-state index contributed by atoms with van der Waals surface area (Å²) in [7, 11) is 0. The fourth-order valence-corrected chi connectivity index (χ4v) is 2.14. The van der Waals surface area contributed by atoms with Gasteiger partial charge in [0.15, 0.2) is 6.61 Å². The Hall–Kier alpha value is -2.76. The fraction of sp³-hybridized carbons (Fsp3) is 0.167. The Morgan fingerprint density at radius 3 is 2.50 bits per heavy atom. The van der Waals surface area contributed by atoms with Crippen LogP contribution in [0.1, 0.15) is 11.1 Å². The maximum atomic E-state index is 12.9. The van der Waals surface area contributed by atoms with Crippen LogP contribution in [-0.4, -0.2) is 12.5 Å². The monoisotopic (exact) mass is 335 g/mol. The molecule has 0 unspecified atom stereocenters. The van der Waals surface area contributed by atoms with Gasteiger partial charge in [0.2, 0.25) is 0 Å².